The van der Waals surface area contributed by atoms with Crippen LogP contribution in [0.5, 0.6) is 0 Å². The highest BCUT2D eigenvalue weighted by Gasteiger charge is 2.13. The zero-order valence-corrected chi connectivity index (χ0v) is 11.9. The van der Waals surface area contributed by atoms with Gasteiger partial charge in [0.1, 0.15) is 11.9 Å². The van der Waals surface area contributed by atoms with E-state index in [4.69, 9.17) is 11.6 Å². The van der Waals surface area contributed by atoms with Crippen molar-refractivity contribution >= 4 is 22.5 Å². The van der Waals surface area contributed by atoms with E-state index in [-0.39, 0.29) is 6.42 Å². The Morgan fingerprint density at radius 3 is 2.71 bits per heavy atom. The predicted molar refractivity (Wildman–Crippen MR) is 81.8 cm³/mol. The first kappa shape index (κ1) is 14.0. The Kier molecular flexibility index (Phi) is 3.86. The van der Waals surface area contributed by atoms with Gasteiger partial charge in [0, 0.05) is 16.8 Å². The molecule has 3 aromatic rings. The van der Waals surface area contributed by atoms with E-state index in [1.165, 1.54) is 6.07 Å². The Balaban J connectivity index is 1.87. The molecule has 2 aromatic carbocycles. The van der Waals surface area contributed by atoms with Gasteiger partial charge < -0.3 is 5.11 Å². The lowest BCUT2D eigenvalue weighted by Crippen LogP contribution is -2.05. The normalized spacial score (nSPS) is 12.5. The van der Waals surface area contributed by atoms with Crippen molar-refractivity contribution in [1.82, 2.24) is 4.98 Å². The average molecular weight is 302 g/mol. The largest absolute Gasteiger partial charge is 0.386 e. The molecule has 4 heteroatoms. The summed E-state index contributed by atoms with van der Waals surface area (Å²) in [5, 5.41) is 11.6. The van der Waals surface area contributed by atoms with Crippen LogP contribution in [0.3, 0.4) is 0 Å². The highest BCUT2D eigenvalue weighted by Crippen LogP contribution is 2.22. The summed E-state index contributed by atoms with van der Waals surface area (Å²) in [6, 6.07) is 15.8. The molecule has 1 N–H and O–H groups in total. The molecule has 1 atom stereocenters. The van der Waals surface area contributed by atoms with Crippen LogP contribution in [0.2, 0.25) is 5.02 Å². The van der Waals surface area contributed by atoms with E-state index in [9.17, 15) is 9.50 Å². The number of hydrogen-bond donors (Lipinski definition) is 1. The van der Waals surface area contributed by atoms with Crippen LogP contribution < -0.4 is 0 Å². The number of aliphatic hydroxyl groups is 1. The third-order valence-corrected chi connectivity index (χ3v) is 3.62. The lowest BCUT2D eigenvalue weighted by molar-refractivity contribution is 0.172. The lowest BCUT2D eigenvalue weighted by Gasteiger charge is -2.12. The maximum atomic E-state index is 13.8. The molecular formula is C17H13ClFNO. The smallest absolute Gasteiger partial charge is 0.127 e. The highest BCUT2D eigenvalue weighted by atomic mass is 35.5. The molecule has 1 aromatic heterocycles. The highest BCUT2D eigenvalue weighted by molar-refractivity contribution is 6.30. The molecule has 0 aliphatic heterocycles. The Labute approximate surface area is 126 Å². The van der Waals surface area contributed by atoms with E-state index in [0.717, 1.165) is 10.9 Å². The minimum absolute atomic E-state index is 0.161. The van der Waals surface area contributed by atoms with Crippen LogP contribution in [-0.2, 0) is 6.42 Å². The Bertz CT molecular complexity index is 791. The number of fused-ring (bicyclic) bond motifs is 1. The molecule has 0 aliphatic carbocycles. The third-order valence-electron chi connectivity index (χ3n) is 3.39. The first-order valence-corrected chi connectivity index (χ1v) is 6.99. The molecule has 3 rings (SSSR count). The molecule has 2 nitrogen and oxygen atoms in total. The van der Waals surface area contributed by atoms with E-state index >= 15 is 0 Å². The molecule has 0 amide bonds. The standard InChI is InChI=1S/C17H13ClFNO/c18-13-7-5-12(14(19)10-13)9-17(21)16-8-6-11-3-1-2-4-15(11)20-16/h1-8,10,17,21H,9H2. The van der Waals surface area contributed by atoms with Gasteiger partial charge in [-0.3, -0.25) is 4.98 Å². The van der Waals surface area contributed by atoms with Gasteiger partial charge in [0.05, 0.1) is 11.2 Å². The second-order valence-corrected chi connectivity index (χ2v) is 5.32. The molecule has 0 saturated heterocycles. The number of nitrogens with zero attached hydrogens (tertiary/aromatic N) is 1. The molecule has 0 fully saturated rings. The van der Waals surface area contributed by atoms with Crippen molar-refractivity contribution in [3.05, 3.63) is 76.7 Å². The van der Waals surface area contributed by atoms with Gasteiger partial charge in [-0.1, -0.05) is 41.9 Å². The first-order chi connectivity index (χ1) is 10.1. The molecule has 106 valence electrons. The van der Waals surface area contributed by atoms with Gasteiger partial charge in [0.2, 0.25) is 0 Å². The van der Waals surface area contributed by atoms with Crippen LogP contribution in [0.1, 0.15) is 17.4 Å². The summed E-state index contributed by atoms with van der Waals surface area (Å²) in [7, 11) is 0. The number of para-hydroxylation sites is 1. The number of pyridine rings is 1. The summed E-state index contributed by atoms with van der Waals surface area (Å²) in [6.07, 6.45) is -0.695. The molecule has 0 spiro atoms. The minimum atomic E-state index is -0.856. The fourth-order valence-corrected chi connectivity index (χ4v) is 2.43. The minimum Gasteiger partial charge on any atom is -0.386 e. The van der Waals surface area contributed by atoms with E-state index in [1.54, 1.807) is 18.2 Å². The summed E-state index contributed by atoms with van der Waals surface area (Å²) in [5.74, 6) is -0.415. The summed E-state index contributed by atoms with van der Waals surface area (Å²) >= 11 is 5.72. The van der Waals surface area contributed by atoms with Crippen molar-refractivity contribution in [2.75, 3.05) is 0 Å². The molecule has 1 heterocycles. The molecule has 0 aliphatic rings. The molecule has 0 saturated carbocycles. The summed E-state index contributed by atoms with van der Waals surface area (Å²) in [5.41, 5.74) is 1.76. The van der Waals surface area contributed by atoms with Gasteiger partial charge in [-0.15, -0.1) is 0 Å². The van der Waals surface area contributed by atoms with Gasteiger partial charge in [-0.25, -0.2) is 4.39 Å². The lowest BCUT2D eigenvalue weighted by atomic mass is 10.0. The molecule has 0 bridgehead atoms. The Morgan fingerprint density at radius 1 is 1.10 bits per heavy atom. The topological polar surface area (TPSA) is 33.1 Å². The van der Waals surface area contributed by atoms with Gasteiger partial charge in [-0.2, -0.15) is 0 Å². The molecular weight excluding hydrogens is 289 g/mol. The van der Waals surface area contributed by atoms with Crippen LogP contribution in [0, 0.1) is 5.82 Å². The molecule has 0 radical (unpaired) electrons. The van der Waals surface area contributed by atoms with Gasteiger partial charge in [0.15, 0.2) is 0 Å². The number of aromatic nitrogens is 1. The zero-order chi connectivity index (χ0) is 14.8. The second-order valence-electron chi connectivity index (χ2n) is 4.88. The van der Waals surface area contributed by atoms with Crippen LogP contribution in [0.15, 0.2) is 54.6 Å². The van der Waals surface area contributed by atoms with E-state index in [0.29, 0.717) is 16.3 Å². The van der Waals surface area contributed by atoms with Gasteiger partial charge >= 0.3 is 0 Å². The van der Waals surface area contributed by atoms with Crippen molar-refractivity contribution in [3.8, 4) is 0 Å². The van der Waals surface area contributed by atoms with Crippen LogP contribution in [0.25, 0.3) is 10.9 Å². The van der Waals surface area contributed by atoms with Crippen LogP contribution in [0.4, 0.5) is 4.39 Å². The first-order valence-electron chi connectivity index (χ1n) is 6.61. The summed E-state index contributed by atoms with van der Waals surface area (Å²) in [6.45, 7) is 0. The number of rotatable bonds is 3. The van der Waals surface area contributed by atoms with Crippen LogP contribution in [-0.4, -0.2) is 10.1 Å². The number of hydrogen-bond acceptors (Lipinski definition) is 2. The monoisotopic (exact) mass is 301 g/mol. The van der Waals surface area contributed by atoms with Crippen molar-refractivity contribution in [3.63, 3.8) is 0 Å². The maximum absolute atomic E-state index is 13.8. The van der Waals surface area contributed by atoms with E-state index < -0.39 is 11.9 Å². The molecule has 1 unspecified atom stereocenters. The summed E-state index contributed by atoms with van der Waals surface area (Å²) in [4.78, 5) is 4.42. The van der Waals surface area contributed by atoms with E-state index in [2.05, 4.69) is 4.98 Å². The average Bonchev–Trinajstić information content (AvgIpc) is 2.49. The number of aliphatic hydroxyl groups excluding tert-OH is 1. The van der Waals surface area contributed by atoms with Crippen molar-refractivity contribution < 1.29 is 9.50 Å². The van der Waals surface area contributed by atoms with Gasteiger partial charge in [-0.05, 0) is 29.8 Å². The predicted octanol–water partition coefficient (Wildman–Crippen LogP) is 4.30. The fourth-order valence-electron chi connectivity index (χ4n) is 2.27. The quantitative estimate of drug-likeness (QED) is 0.782. The summed E-state index contributed by atoms with van der Waals surface area (Å²) < 4.78 is 13.8. The Hall–Kier alpha value is -1.97. The number of benzene rings is 2. The second kappa shape index (κ2) is 5.80. The van der Waals surface area contributed by atoms with Crippen LogP contribution >= 0.6 is 11.6 Å². The van der Waals surface area contributed by atoms with E-state index in [1.807, 2.05) is 30.3 Å². The van der Waals surface area contributed by atoms with Crippen molar-refractivity contribution in [1.29, 1.82) is 0 Å². The molecule has 21 heavy (non-hydrogen) atoms. The fraction of sp³-hybridized carbons (Fsp3) is 0.118. The number of halogens is 2. The van der Waals surface area contributed by atoms with Crippen molar-refractivity contribution in [2.45, 2.75) is 12.5 Å². The Morgan fingerprint density at radius 2 is 1.90 bits per heavy atom. The maximum Gasteiger partial charge on any atom is 0.127 e. The van der Waals surface area contributed by atoms with Crippen molar-refractivity contribution in [2.24, 2.45) is 0 Å². The SMILES string of the molecule is OC(Cc1ccc(Cl)cc1F)c1ccc2ccccc2n1. The third kappa shape index (κ3) is 3.04. The zero-order valence-electron chi connectivity index (χ0n) is 11.1. The van der Waals surface area contributed by atoms with Gasteiger partial charge in [0.25, 0.3) is 0 Å².